The molecule has 0 aromatic carbocycles. The predicted octanol–water partition coefficient (Wildman–Crippen LogP) is 2.62. The molecule has 0 unspecified atom stereocenters. The summed E-state index contributed by atoms with van der Waals surface area (Å²) in [5.74, 6) is 0.870. The number of hydrogen-bond acceptors (Lipinski definition) is 5. The normalized spacial score (nSPS) is 10.9. The van der Waals surface area contributed by atoms with Crippen LogP contribution in [-0.2, 0) is 17.9 Å². The molecular weight excluding hydrogens is 248 g/mol. The monoisotopic (exact) mass is 266 g/mol. The Hall–Kier alpha value is -1.30. The first kappa shape index (κ1) is 13.1. The number of hydrogen-bond donors (Lipinski definition) is 2. The van der Waals surface area contributed by atoms with Crippen LogP contribution in [0, 0.1) is 0 Å². The van der Waals surface area contributed by atoms with Crippen molar-refractivity contribution in [3.8, 4) is 0 Å². The van der Waals surface area contributed by atoms with Crippen molar-refractivity contribution < 1.29 is 9.15 Å². The SMILES string of the molecule is Nc1ccsc1CNCCCOCc1ccco1. The van der Waals surface area contributed by atoms with Gasteiger partial charge in [0, 0.05) is 23.7 Å². The van der Waals surface area contributed by atoms with Gasteiger partial charge in [-0.25, -0.2) is 0 Å². The molecule has 0 saturated heterocycles. The maximum Gasteiger partial charge on any atom is 0.129 e. The molecule has 5 heteroatoms. The van der Waals surface area contributed by atoms with E-state index in [0.717, 1.165) is 37.6 Å². The Balaban J connectivity index is 1.48. The summed E-state index contributed by atoms with van der Waals surface area (Å²) in [6.07, 6.45) is 2.64. The summed E-state index contributed by atoms with van der Waals surface area (Å²) in [7, 11) is 0. The third kappa shape index (κ3) is 4.18. The van der Waals surface area contributed by atoms with E-state index in [9.17, 15) is 0 Å². The molecule has 0 amide bonds. The number of furan rings is 1. The number of ether oxygens (including phenoxy) is 1. The van der Waals surface area contributed by atoms with E-state index in [1.165, 1.54) is 4.88 Å². The van der Waals surface area contributed by atoms with Gasteiger partial charge in [0.2, 0.25) is 0 Å². The molecule has 2 aromatic heterocycles. The molecule has 98 valence electrons. The van der Waals surface area contributed by atoms with Crippen molar-refractivity contribution in [2.24, 2.45) is 0 Å². The largest absolute Gasteiger partial charge is 0.467 e. The fourth-order valence-corrected chi connectivity index (χ4v) is 2.33. The molecule has 0 aliphatic heterocycles. The Kier molecular flexibility index (Phi) is 5.26. The highest BCUT2D eigenvalue weighted by Gasteiger charge is 1.99. The number of rotatable bonds is 8. The summed E-state index contributed by atoms with van der Waals surface area (Å²) in [5, 5.41) is 5.36. The van der Waals surface area contributed by atoms with Gasteiger partial charge in [-0.05, 0) is 36.5 Å². The molecule has 0 aliphatic rings. The highest BCUT2D eigenvalue weighted by atomic mass is 32.1. The second-order valence-electron chi connectivity index (χ2n) is 3.96. The lowest BCUT2D eigenvalue weighted by atomic mass is 10.4. The van der Waals surface area contributed by atoms with Crippen LogP contribution in [0.1, 0.15) is 17.1 Å². The van der Waals surface area contributed by atoms with Crippen LogP contribution in [0.2, 0.25) is 0 Å². The average Bonchev–Trinajstić information content (AvgIpc) is 3.00. The lowest BCUT2D eigenvalue weighted by Crippen LogP contribution is -2.16. The van der Waals surface area contributed by atoms with Crippen molar-refractivity contribution in [3.05, 3.63) is 40.5 Å². The van der Waals surface area contributed by atoms with Crippen molar-refractivity contribution in [2.45, 2.75) is 19.6 Å². The highest BCUT2D eigenvalue weighted by Crippen LogP contribution is 2.17. The van der Waals surface area contributed by atoms with E-state index < -0.39 is 0 Å². The van der Waals surface area contributed by atoms with Crippen molar-refractivity contribution in [1.29, 1.82) is 0 Å². The van der Waals surface area contributed by atoms with Gasteiger partial charge in [-0.2, -0.15) is 0 Å². The molecular formula is C13H18N2O2S. The van der Waals surface area contributed by atoms with Crippen LogP contribution >= 0.6 is 11.3 Å². The molecule has 0 bridgehead atoms. The van der Waals surface area contributed by atoms with Gasteiger partial charge in [0.05, 0.1) is 6.26 Å². The molecule has 18 heavy (non-hydrogen) atoms. The Morgan fingerprint density at radius 3 is 3.06 bits per heavy atom. The summed E-state index contributed by atoms with van der Waals surface area (Å²) < 4.78 is 10.7. The Morgan fingerprint density at radius 2 is 2.33 bits per heavy atom. The minimum absolute atomic E-state index is 0.547. The Morgan fingerprint density at radius 1 is 1.39 bits per heavy atom. The highest BCUT2D eigenvalue weighted by molar-refractivity contribution is 7.10. The molecule has 0 spiro atoms. The fraction of sp³-hybridized carbons (Fsp3) is 0.385. The van der Waals surface area contributed by atoms with Gasteiger partial charge in [0.25, 0.3) is 0 Å². The zero-order valence-electron chi connectivity index (χ0n) is 10.2. The van der Waals surface area contributed by atoms with Gasteiger partial charge in [-0.15, -0.1) is 11.3 Å². The molecule has 0 radical (unpaired) electrons. The topological polar surface area (TPSA) is 60.4 Å². The summed E-state index contributed by atoms with van der Waals surface area (Å²) in [6, 6.07) is 5.72. The molecule has 0 aliphatic carbocycles. The smallest absolute Gasteiger partial charge is 0.129 e. The first-order chi connectivity index (χ1) is 8.86. The first-order valence-corrected chi connectivity index (χ1v) is 6.87. The van der Waals surface area contributed by atoms with Gasteiger partial charge in [-0.1, -0.05) is 0 Å². The molecule has 2 heterocycles. The van der Waals surface area contributed by atoms with Crippen LogP contribution in [0.3, 0.4) is 0 Å². The zero-order valence-corrected chi connectivity index (χ0v) is 11.0. The van der Waals surface area contributed by atoms with Gasteiger partial charge < -0.3 is 20.2 Å². The minimum atomic E-state index is 0.547. The molecule has 2 aromatic rings. The molecule has 0 fully saturated rings. The third-order valence-corrected chi connectivity index (χ3v) is 3.47. The Bertz CT molecular complexity index is 440. The van der Waals surface area contributed by atoms with Crippen molar-refractivity contribution >= 4 is 17.0 Å². The van der Waals surface area contributed by atoms with Gasteiger partial charge in [0.15, 0.2) is 0 Å². The van der Waals surface area contributed by atoms with E-state index in [0.29, 0.717) is 6.61 Å². The first-order valence-electron chi connectivity index (χ1n) is 5.99. The van der Waals surface area contributed by atoms with Gasteiger partial charge in [0.1, 0.15) is 12.4 Å². The average molecular weight is 266 g/mol. The van der Waals surface area contributed by atoms with Crippen molar-refractivity contribution in [2.75, 3.05) is 18.9 Å². The van der Waals surface area contributed by atoms with E-state index in [1.807, 2.05) is 23.6 Å². The second kappa shape index (κ2) is 7.20. The van der Waals surface area contributed by atoms with Crippen LogP contribution in [0.5, 0.6) is 0 Å². The second-order valence-corrected chi connectivity index (χ2v) is 4.96. The van der Waals surface area contributed by atoms with Crippen LogP contribution < -0.4 is 11.1 Å². The lowest BCUT2D eigenvalue weighted by molar-refractivity contribution is 0.104. The predicted molar refractivity (Wildman–Crippen MR) is 73.4 cm³/mol. The van der Waals surface area contributed by atoms with Gasteiger partial charge in [-0.3, -0.25) is 0 Å². The molecule has 2 rings (SSSR count). The van der Waals surface area contributed by atoms with E-state index in [1.54, 1.807) is 17.6 Å². The standard InChI is InChI=1S/C13H18N2O2S/c14-12-4-8-18-13(12)9-15-5-2-6-16-10-11-3-1-7-17-11/h1,3-4,7-8,15H,2,5-6,9-10,14H2. The minimum Gasteiger partial charge on any atom is -0.467 e. The quantitative estimate of drug-likeness (QED) is 0.721. The zero-order chi connectivity index (χ0) is 12.6. The summed E-state index contributed by atoms with van der Waals surface area (Å²) in [5.41, 5.74) is 6.67. The van der Waals surface area contributed by atoms with Gasteiger partial charge >= 0.3 is 0 Å². The van der Waals surface area contributed by atoms with E-state index in [4.69, 9.17) is 14.9 Å². The van der Waals surface area contributed by atoms with Crippen LogP contribution in [-0.4, -0.2) is 13.2 Å². The molecule has 0 saturated carbocycles. The molecule has 3 N–H and O–H groups in total. The molecule has 0 atom stereocenters. The number of nitrogens with one attached hydrogen (secondary N) is 1. The number of nitrogens with two attached hydrogens (primary N) is 1. The fourth-order valence-electron chi connectivity index (χ4n) is 1.56. The van der Waals surface area contributed by atoms with E-state index >= 15 is 0 Å². The number of thiophene rings is 1. The van der Waals surface area contributed by atoms with Crippen LogP contribution in [0.4, 0.5) is 5.69 Å². The Labute approximate surface area is 111 Å². The molecule has 4 nitrogen and oxygen atoms in total. The summed E-state index contributed by atoms with van der Waals surface area (Å²) in [4.78, 5) is 1.20. The van der Waals surface area contributed by atoms with E-state index in [-0.39, 0.29) is 0 Å². The van der Waals surface area contributed by atoms with E-state index in [2.05, 4.69) is 5.32 Å². The van der Waals surface area contributed by atoms with Crippen LogP contribution in [0.15, 0.2) is 34.3 Å². The van der Waals surface area contributed by atoms with Crippen LogP contribution in [0.25, 0.3) is 0 Å². The maximum atomic E-state index is 5.79. The number of anilines is 1. The maximum absolute atomic E-state index is 5.79. The lowest BCUT2D eigenvalue weighted by Gasteiger charge is -2.04. The summed E-state index contributed by atoms with van der Waals surface area (Å²) in [6.45, 7) is 3.04. The third-order valence-electron chi connectivity index (χ3n) is 2.53. The van der Waals surface area contributed by atoms with Crippen molar-refractivity contribution in [3.63, 3.8) is 0 Å². The number of nitrogen functional groups attached to an aromatic ring is 1. The summed E-state index contributed by atoms with van der Waals surface area (Å²) >= 11 is 1.68. The van der Waals surface area contributed by atoms with Crippen molar-refractivity contribution in [1.82, 2.24) is 5.32 Å².